The standard InChI is InChI=1S/C20H23ClN2O3S2/c1-15-3-8-19(16(2)13-15)28(25,26)23-11-9-22(10-12-23)20(24)14-27-18-6-4-17(21)5-7-18/h3-8,13H,9-12,14H2,1-2H3. The zero-order chi connectivity index (χ0) is 20.3. The highest BCUT2D eigenvalue weighted by Gasteiger charge is 2.30. The van der Waals surface area contributed by atoms with E-state index in [1.165, 1.54) is 16.1 Å². The van der Waals surface area contributed by atoms with E-state index in [0.717, 1.165) is 16.0 Å². The Labute approximate surface area is 175 Å². The van der Waals surface area contributed by atoms with Crippen molar-refractivity contribution < 1.29 is 13.2 Å². The van der Waals surface area contributed by atoms with Crippen molar-refractivity contribution in [1.29, 1.82) is 0 Å². The van der Waals surface area contributed by atoms with Crippen molar-refractivity contribution >= 4 is 39.3 Å². The van der Waals surface area contributed by atoms with Crippen molar-refractivity contribution in [3.63, 3.8) is 0 Å². The predicted molar refractivity (Wildman–Crippen MR) is 113 cm³/mol. The van der Waals surface area contributed by atoms with Crippen molar-refractivity contribution in [2.24, 2.45) is 0 Å². The summed E-state index contributed by atoms with van der Waals surface area (Å²) >= 11 is 7.33. The zero-order valence-electron chi connectivity index (χ0n) is 15.9. The van der Waals surface area contributed by atoms with Gasteiger partial charge in [0.05, 0.1) is 10.6 Å². The normalized spacial score (nSPS) is 15.6. The molecule has 1 amide bonds. The van der Waals surface area contributed by atoms with E-state index in [2.05, 4.69) is 0 Å². The van der Waals surface area contributed by atoms with Gasteiger partial charge in [0.15, 0.2) is 0 Å². The SMILES string of the molecule is Cc1ccc(S(=O)(=O)N2CCN(C(=O)CSc3ccc(Cl)cc3)CC2)c(C)c1. The number of halogens is 1. The monoisotopic (exact) mass is 438 g/mol. The van der Waals surface area contributed by atoms with Crippen LogP contribution < -0.4 is 0 Å². The first-order valence-electron chi connectivity index (χ1n) is 9.01. The Morgan fingerprint density at radius 3 is 2.29 bits per heavy atom. The number of nitrogens with zero attached hydrogens (tertiary/aromatic N) is 2. The van der Waals surface area contributed by atoms with Gasteiger partial charge in [0.25, 0.3) is 0 Å². The second-order valence-electron chi connectivity index (χ2n) is 6.80. The minimum atomic E-state index is -3.54. The lowest BCUT2D eigenvalue weighted by Gasteiger charge is -2.34. The Bertz CT molecular complexity index is 954. The largest absolute Gasteiger partial charge is 0.339 e. The zero-order valence-corrected chi connectivity index (χ0v) is 18.3. The Balaban J connectivity index is 1.57. The second kappa shape index (κ2) is 8.86. The molecule has 2 aromatic carbocycles. The van der Waals surface area contributed by atoms with Gasteiger partial charge in [-0.15, -0.1) is 11.8 Å². The first-order valence-corrected chi connectivity index (χ1v) is 11.8. The summed E-state index contributed by atoms with van der Waals surface area (Å²) in [5.74, 6) is 0.342. The summed E-state index contributed by atoms with van der Waals surface area (Å²) in [5, 5.41) is 0.664. The Morgan fingerprint density at radius 2 is 1.68 bits per heavy atom. The smallest absolute Gasteiger partial charge is 0.243 e. The van der Waals surface area contributed by atoms with Gasteiger partial charge in [0.1, 0.15) is 0 Å². The van der Waals surface area contributed by atoms with Crippen LogP contribution in [0.2, 0.25) is 5.02 Å². The highest BCUT2D eigenvalue weighted by molar-refractivity contribution is 8.00. The van der Waals surface area contributed by atoms with Crippen LogP contribution in [0.25, 0.3) is 0 Å². The van der Waals surface area contributed by atoms with Gasteiger partial charge < -0.3 is 4.90 Å². The number of hydrogen-bond acceptors (Lipinski definition) is 4. The summed E-state index contributed by atoms with van der Waals surface area (Å²) in [7, 11) is -3.54. The van der Waals surface area contributed by atoms with Crippen LogP contribution in [0.15, 0.2) is 52.3 Å². The van der Waals surface area contributed by atoms with Crippen LogP contribution in [-0.4, -0.2) is 55.5 Å². The lowest BCUT2D eigenvalue weighted by atomic mass is 10.2. The van der Waals surface area contributed by atoms with Crippen LogP contribution in [-0.2, 0) is 14.8 Å². The number of carbonyl (C=O) groups excluding carboxylic acids is 1. The molecule has 1 saturated heterocycles. The minimum absolute atomic E-state index is 0.0171. The number of carbonyl (C=O) groups is 1. The van der Waals surface area contributed by atoms with E-state index in [9.17, 15) is 13.2 Å². The molecule has 0 N–H and O–H groups in total. The molecule has 1 aliphatic rings. The average molecular weight is 439 g/mol. The molecular weight excluding hydrogens is 416 g/mol. The van der Waals surface area contributed by atoms with E-state index < -0.39 is 10.0 Å². The van der Waals surface area contributed by atoms with E-state index in [0.29, 0.717) is 41.8 Å². The molecule has 0 spiro atoms. The third-order valence-corrected chi connectivity index (χ3v) is 8.02. The first kappa shape index (κ1) is 21.2. The fourth-order valence-electron chi connectivity index (χ4n) is 3.17. The summed E-state index contributed by atoms with van der Waals surface area (Å²) in [6, 6.07) is 12.7. The van der Waals surface area contributed by atoms with Gasteiger partial charge in [-0.1, -0.05) is 29.3 Å². The first-order chi connectivity index (χ1) is 13.3. The van der Waals surface area contributed by atoms with Crippen LogP contribution in [0.5, 0.6) is 0 Å². The summed E-state index contributed by atoms with van der Waals surface area (Å²) in [5.41, 5.74) is 1.78. The van der Waals surface area contributed by atoms with E-state index >= 15 is 0 Å². The maximum atomic E-state index is 12.9. The third-order valence-electron chi connectivity index (χ3n) is 4.72. The van der Waals surface area contributed by atoms with Gasteiger partial charge in [0.2, 0.25) is 15.9 Å². The third kappa shape index (κ3) is 4.89. The number of rotatable bonds is 5. The van der Waals surface area contributed by atoms with Crippen LogP contribution in [0.4, 0.5) is 0 Å². The molecule has 0 atom stereocenters. The lowest BCUT2D eigenvalue weighted by Crippen LogP contribution is -2.51. The molecule has 1 fully saturated rings. The predicted octanol–water partition coefficient (Wildman–Crippen LogP) is 3.58. The van der Waals surface area contributed by atoms with Crippen molar-refractivity contribution in [2.75, 3.05) is 31.9 Å². The summed E-state index contributed by atoms with van der Waals surface area (Å²) < 4.78 is 27.4. The van der Waals surface area contributed by atoms with Crippen LogP contribution in [0.3, 0.4) is 0 Å². The van der Waals surface area contributed by atoms with Gasteiger partial charge >= 0.3 is 0 Å². The molecule has 1 heterocycles. The molecule has 8 heteroatoms. The quantitative estimate of drug-likeness (QED) is 0.669. The van der Waals surface area contributed by atoms with Crippen LogP contribution >= 0.6 is 23.4 Å². The number of benzene rings is 2. The maximum absolute atomic E-state index is 12.9. The van der Waals surface area contributed by atoms with Crippen molar-refractivity contribution in [3.05, 3.63) is 58.6 Å². The topological polar surface area (TPSA) is 57.7 Å². The summed E-state index contributed by atoms with van der Waals surface area (Å²) in [6.07, 6.45) is 0. The molecule has 1 aliphatic heterocycles. The fraction of sp³-hybridized carbons (Fsp3) is 0.350. The van der Waals surface area contributed by atoms with E-state index in [-0.39, 0.29) is 5.91 Å². The highest BCUT2D eigenvalue weighted by atomic mass is 35.5. The van der Waals surface area contributed by atoms with Gasteiger partial charge in [-0.3, -0.25) is 4.79 Å². The molecule has 28 heavy (non-hydrogen) atoms. The molecule has 0 radical (unpaired) electrons. The summed E-state index contributed by atoms with van der Waals surface area (Å²) in [6.45, 7) is 5.19. The van der Waals surface area contributed by atoms with E-state index in [1.54, 1.807) is 23.1 Å². The minimum Gasteiger partial charge on any atom is -0.339 e. The van der Waals surface area contributed by atoms with Gasteiger partial charge in [-0.05, 0) is 49.7 Å². The van der Waals surface area contributed by atoms with Crippen molar-refractivity contribution in [3.8, 4) is 0 Å². The number of hydrogen-bond donors (Lipinski definition) is 0. The molecule has 2 aromatic rings. The molecule has 0 unspecified atom stereocenters. The number of amides is 1. The average Bonchev–Trinajstić information content (AvgIpc) is 2.67. The molecule has 0 aliphatic carbocycles. The molecule has 150 valence electrons. The van der Waals surface area contributed by atoms with E-state index in [1.807, 2.05) is 38.1 Å². The molecule has 0 aromatic heterocycles. The van der Waals surface area contributed by atoms with Crippen LogP contribution in [0.1, 0.15) is 11.1 Å². The second-order valence-corrected chi connectivity index (χ2v) is 10.2. The van der Waals surface area contributed by atoms with E-state index in [4.69, 9.17) is 11.6 Å². The number of thioether (sulfide) groups is 1. The Hall–Kier alpha value is -1.54. The molecule has 5 nitrogen and oxygen atoms in total. The van der Waals surface area contributed by atoms with Gasteiger partial charge in [-0.25, -0.2) is 8.42 Å². The highest BCUT2D eigenvalue weighted by Crippen LogP contribution is 2.23. The van der Waals surface area contributed by atoms with Crippen LogP contribution in [0, 0.1) is 13.8 Å². The number of piperazine rings is 1. The maximum Gasteiger partial charge on any atom is 0.243 e. The number of sulfonamides is 1. The Morgan fingerprint density at radius 1 is 1.04 bits per heavy atom. The van der Waals surface area contributed by atoms with Gasteiger partial charge in [0, 0.05) is 36.1 Å². The fourth-order valence-corrected chi connectivity index (χ4v) is 5.73. The number of aryl methyl sites for hydroxylation is 2. The molecule has 0 bridgehead atoms. The Kier molecular flexibility index (Phi) is 6.70. The van der Waals surface area contributed by atoms with Crippen molar-refractivity contribution in [2.45, 2.75) is 23.6 Å². The van der Waals surface area contributed by atoms with Gasteiger partial charge in [-0.2, -0.15) is 4.31 Å². The molecular formula is C20H23ClN2O3S2. The molecule has 3 rings (SSSR count). The summed E-state index contributed by atoms with van der Waals surface area (Å²) in [4.78, 5) is 15.5. The van der Waals surface area contributed by atoms with Crippen molar-refractivity contribution in [1.82, 2.24) is 9.21 Å². The molecule has 0 saturated carbocycles. The lowest BCUT2D eigenvalue weighted by molar-refractivity contribution is -0.129.